The molecule has 1 aliphatic rings. The molecule has 1 aromatic carbocycles. The summed E-state index contributed by atoms with van der Waals surface area (Å²) in [5.74, 6) is -1.74. The number of nitrogens with one attached hydrogen (secondary N) is 2. The molecule has 0 spiro atoms. The smallest absolute Gasteiger partial charge is 0.252 e. The standard InChI is InChI=1S/C19H23F2N5O/c1-10-8-11(6-7-13(10)20)24-18-12(17(23)27)9-14(21)19(26-18)25-16-5-3-2-4-15(16)22/h6-9,15-16H,2-5,22H2,1H3,(H2,23,27)(H2,24,25,26)/t15?,16-/m1/s1. The molecule has 1 saturated carbocycles. The number of aromatic nitrogens is 1. The van der Waals surface area contributed by atoms with Gasteiger partial charge in [0.05, 0.1) is 5.56 Å². The molecule has 27 heavy (non-hydrogen) atoms. The molecular weight excluding hydrogens is 352 g/mol. The molecule has 1 unspecified atom stereocenters. The highest BCUT2D eigenvalue weighted by atomic mass is 19.1. The number of benzene rings is 1. The van der Waals surface area contributed by atoms with Gasteiger partial charge in [-0.15, -0.1) is 0 Å². The first-order valence-electron chi connectivity index (χ1n) is 8.91. The van der Waals surface area contributed by atoms with Crippen LogP contribution in [0.3, 0.4) is 0 Å². The monoisotopic (exact) mass is 375 g/mol. The van der Waals surface area contributed by atoms with Crippen LogP contribution in [0.4, 0.5) is 26.1 Å². The molecule has 8 heteroatoms. The fourth-order valence-corrected chi connectivity index (χ4v) is 3.25. The normalized spacial score (nSPS) is 19.6. The first kappa shape index (κ1) is 19.0. The lowest BCUT2D eigenvalue weighted by atomic mass is 9.91. The van der Waals surface area contributed by atoms with Crippen molar-refractivity contribution in [3.63, 3.8) is 0 Å². The van der Waals surface area contributed by atoms with Crippen LogP contribution in [0.15, 0.2) is 24.3 Å². The van der Waals surface area contributed by atoms with Gasteiger partial charge in [-0.05, 0) is 49.6 Å². The maximum Gasteiger partial charge on any atom is 0.252 e. The average Bonchev–Trinajstić information content (AvgIpc) is 2.62. The minimum atomic E-state index is -0.816. The number of halogens is 2. The van der Waals surface area contributed by atoms with Crippen LogP contribution in [-0.4, -0.2) is 23.0 Å². The van der Waals surface area contributed by atoms with Gasteiger partial charge in [-0.25, -0.2) is 13.8 Å². The van der Waals surface area contributed by atoms with Gasteiger partial charge >= 0.3 is 0 Å². The van der Waals surface area contributed by atoms with Gasteiger partial charge in [-0.1, -0.05) is 12.8 Å². The summed E-state index contributed by atoms with van der Waals surface area (Å²) in [7, 11) is 0. The molecule has 0 saturated heterocycles. The van der Waals surface area contributed by atoms with E-state index < -0.39 is 11.7 Å². The number of anilines is 3. The quantitative estimate of drug-likeness (QED) is 0.642. The van der Waals surface area contributed by atoms with E-state index in [0.717, 1.165) is 31.7 Å². The van der Waals surface area contributed by atoms with E-state index in [1.807, 2.05) is 0 Å². The largest absolute Gasteiger partial charge is 0.365 e. The van der Waals surface area contributed by atoms with Crippen LogP contribution < -0.4 is 22.1 Å². The summed E-state index contributed by atoms with van der Waals surface area (Å²) in [6, 6.07) is 5.22. The van der Waals surface area contributed by atoms with Gasteiger partial charge in [0.25, 0.3) is 5.91 Å². The fraction of sp³-hybridized carbons (Fsp3) is 0.368. The Hall–Kier alpha value is -2.74. The number of hydrogen-bond donors (Lipinski definition) is 4. The Bertz CT molecular complexity index is 858. The second-order valence-corrected chi connectivity index (χ2v) is 6.87. The molecule has 1 aromatic heterocycles. The number of carbonyl (C=O) groups excluding carboxylic acids is 1. The van der Waals surface area contributed by atoms with Crippen molar-refractivity contribution in [2.45, 2.75) is 44.7 Å². The van der Waals surface area contributed by atoms with Gasteiger partial charge in [0, 0.05) is 17.8 Å². The van der Waals surface area contributed by atoms with Crippen molar-refractivity contribution in [2.75, 3.05) is 10.6 Å². The molecule has 0 bridgehead atoms. The summed E-state index contributed by atoms with van der Waals surface area (Å²) in [4.78, 5) is 15.9. The van der Waals surface area contributed by atoms with Crippen molar-refractivity contribution in [3.05, 3.63) is 47.0 Å². The molecule has 0 radical (unpaired) electrons. The van der Waals surface area contributed by atoms with Crippen LogP contribution in [0.25, 0.3) is 0 Å². The number of pyridine rings is 1. The lowest BCUT2D eigenvalue weighted by Crippen LogP contribution is -2.43. The van der Waals surface area contributed by atoms with Crippen molar-refractivity contribution in [2.24, 2.45) is 11.5 Å². The van der Waals surface area contributed by atoms with Gasteiger partial charge in [-0.3, -0.25) is 4.79 Å². The van der Waals surface area contributed by atoms with Crippen LogP contribution in [0.2, 0.25) is 0 Å². The highest BCUT2D eigenvalue weighted by Crippen LogP contribution is 2.27. The van der Waals surface area contributed by atoms with Crippen molar-refractivity contribution >= 4 is 23.2 Å². The maximum absolute atomic E-state index is 14.5. The van der Waals surface area contributed by atoms with E-state index in [1.165, 1.54) is 12.1 Å². The van der Waals surface area contributed by atoms with Crippen molar-refractivity contribution in [3.8, 4) is 0 Å². The summed E-state index contributed by atoms with van der Waals surface area (Å²) in [6.07, 6.45) is 3.73. The number of carbonyl (C=O) groups is 1. The Balaban J connectivity index is 1.92. The lowest BCUT2D eigenvalue weighted by Gasteiger charge is -2.30. The summed E-state index contributed by atoms with van der Waals surface area (Å²) in [6.45, 7) is 1.62. The van der Waals surface area contributed by atoms with E-state index in [2.05, 4.69) is 15.6 Å². The third-order valence-corrected chi connectivity index (χ3v) is 4.80. The number of nitrogens with zero attached hydrogens (tertiary/aromatic N) is 1. The predicted octanol–water partition coefficient (Wildman–Crippen LogP) is 3.19. The Kier molecular flexibility index (Phi) is 5.55. The molecule has 1 fully saturated rings. The molecule has 3 rings (SSSR count). The summed E-state index contributed by atoms with van der Waals surface area (Å²) in [5.41, 5.74) is 12.3. The molecule has 1 heterocycles. The van der Waals surface area contributed by atoms with Crippen LogP contribution in [0, 0.1) is 18.6 Å². The van der Waals surface area contributed by atoms with Crippen LogP contribution in [0.1, 0.15) is 41.6 Å². The van der Waals surface area contributed by atoms with Crippen molar-refractivity contribution in [1.82, 2.24) is 4.98 Å². The number of hydrogen-bond acceptors (Lipinski definition) is 5. The lowest BCUT2D eigenvalue weighted by molar-refractivity contribution is 0.100. The zero-order valence-electron chi connectivity index (χ0n) is 15.1. The second kappa shape index (κ2) is 7.87. The molecule has 2 atom stereocenters. The fourth-order valence-electron chi connectivity index (χ4n) is 3.25. The molecule has 1 aliphatic carbocycles. The van der Waals surface area contributed by atoms with Crippen LogP contribution in [-0.2, 0) is 0 Å². The highest BCUT2D eigenvalue weighted by Gasteiger charge is 2.24. The van der Waals surface area contributed by atoms with E-state index in [9.17, 15) is 13.6 Å². The number of aryl methyl sites for hydroxylation is 1. The molecule has 144 valence electrons. The van der Waals surface area contributed by atoms with Crippen LogP contribution in [0.5, 0.6) is 0 Å². The molecule has 0 aliphatic heterocycles. The second-order valence-electron chi connectivity index (χ2n) is 6.87. The third-order valence-electron chi connectivity index (χ3n) is 4.80. The first-order valence-corrected chi connectivity index (χ1v) is 8.91. The number of nitrogens with two attached hydrogens (primary N) is 2. The molecule has 1 amide bonds. The van der Waals surface area contributed by atoms with E-state index in [1.54, 1.807) is 13.0 Å². The van der Waals surface area contributed by atoms with E-state index in [-0.39, 0.29) is 35.1 Å². The van der Waals surface area contributed by atoms with Crippen LogP contribution >= 0.6 is 0 Å². The van der Waals surface area contributed by atoms with Gasteiger partial charge < -0.3 is 22.1 Å². The first-order chi connectivity index (χ1) is 12.8. The van der Waals surface area contributed by atoms with Gasteiger partial charge in [-0.2, -0.15) is 0 Å². The summed E-state index contributed by atoms with van der Waals surface area (Å²) in [5, 5.41) is 5.97. The minimum absolute atomic E-state index is 0.00341. The Morgan fingerprint density at radius 1 is 1.15 bits per heavy atom. The molecule has 2 aromatic rings. The molecule has 6 N–H and O–H groups in total. The number of primary amides is 1. The summed E-state index contributed by atoms with van der Waals surface area (Å²) >= 11 is 0. The topological polar surface area (TPSA) is 106 Å². The van der Waals surface area contributed by atoms with E-state index in [4.69, 9.17) is 11.5 Å². The maximum atomic E-state index is 14.5. The third kappa shape index (κ3) is 4.33. The van der Waals surface area contributed by atoms with E-state index in [0.29, 0.717) is 11.3 Å². The van der Waals surface area contributed by atoms with Gasteiger partial charge in [0.1, 0.15) is 11.6 Å². The van der Waals surface area contributed by atoms with E-state index >= 15 is 0 Å². The predicted molar refractivity (Wildman–Crippen MR) is 101 cm³/mol. The van der Waals surface area contributed by atoms with Crippen molar-refractivity contribution < 1.29 is 13.6 Å². The average molecular weight is 375 g/mol. The summed E-state index contributed by atoms with van der Waals surface area (Å²) < 4.78 is 27.9. The Labute approximate surface area is 156 Å². The molecular formula is C19H23F2N5O. The minimum Gasteiger partial charge on any atom is -0.365 e. The zero-order valence-corrected chi connectivity index (χ0v) is 15.1. The number of amides is 1. The van der Waals surface area contributed by atoms with Gasteiger partial charge in [0.2, 0.25) is 0 Å². The molecule has 6 nitrogen and oxygen atoms in total. The van der Waals surface area contributed by atoms with Crippen molar-refractivity contribution in [1.29, 1.82) is 0 Å². The number of rotatable bonds is 5. The Morgan fingerprint density at radius 2 is 1.89 bits per heavy atom. The SMILES string of the molecule is Cc1cc(Nc2nc(N[C@@H]3CCCCC3N)c(F)cc2C(N)=O)ccc1F. The van der Waals surface area contributed by atoms with Gasteiger partial charge in [0.15, 0.2) is 11.6 Å². The highest BCUT2D eigenvalue weighted by molar-refractivity contribution is 5.98. The Morgan fingerprint density at radius 3 is 2.56 bits per heavy atom. The zero-order chi connectivity index (χ0) is 19.6.